The van der Waals surface area contributed by atoms with Crippen LogP contribution in [0, 0.1) is 94.7 Å². The number of carboxylic acids is 1. The predicted octanol–water partition coefficient (Wildman–Crippen LogP) is 27.6. The summed E-state index contributed by atoms with van der Waals surface area (Å²) >= 11 is 8.08. The minimum absolute atomic E-state index is 0.202. The Bertz CT molecular complexity index is 3490. The second kappa shape index (κ2) is 46.6. The van der Waals surface area contributed by atoms with Gasteiger partial charge in [-0.15, -0.1) is 11.8 Å². The van der Waals surface area contributed by atoms with Gasteiger partial charge in [-0.2, -0.15) is 0 Å². The van der Waals surface area contributed by atoms with E-state index in [-0.39, 0.29) is 16.6 Å². The van der Waals surface area contributed by atoms with E-state index in [4.69, 9.17) is 26.8 Å². The summed E-state index contributed by atoms with van der Waals surface area (Å²) in [4.78, 5) is 36.7. The van der Waals surface area contributed by atoms with E-state index >= 15 is 0 Å². The number of benzene rings is 1. The number of halogens is 1. The second-order valence-electron chi connectivity index (χ2n) is 41.1. The zero-order valence-corrected chi connectivity index (χ0v) is 82.8. The summed E-state index contributed by atoms with van der Waals surface area (Å²) in [5.41, 5.74) is 24.7. The van der Waals surface area contributed by atoms with Gasteiger partial charge < -0.3 is 39.8 Å². The van der Waals surface area contributed by atoms with Crippen molar-refractivity contribution in [2.45, 2.75) is 372 Å². The molecule has 0 radical (unpaired) electrons. The fourth-order valence-corrected chi connectivity index (χ4v) is 24.4. The van der Waals surface area contributed by atoms with E-state index in [1.807, 2.05) is 12.1 Å². The van der Waals surface area contributed by atoms with Crippen molar-refractivity contribution in [3.63, 3.8) is 0 Å². The third kappa shape index (κ3) is 24.7. The molecule has 3 fully saturated rings. The lowest BCUT2D eigenvalue weighted by Crippen LogP contribution is -2.43. The topological polar surface area (TPSA) is 187 Å². The minimum atomic E-state index is -0.931. The maximum absolute atomic E-state index is 11.8. The Morgan fingerprint density at radius 1 is 0.466 bits per heavy atom. The zero-order valence-electron chi connectivity index (χ0n) is 81.3. The van der Waals surface area contributed by atoms with E-state index in [1.165, 1.54) is 39.2 Å². The first kappa shape index (κ1) is 106. The number of morpholine rings is 1. The average Bonchev–Trinajstić information content (AvgIpc) is 1.54. The molecule has 1 saturated heterocycles. The highest BCUT2D eigenvalue weighted by Gasteiger charge is 2.63. The summed E-state index contributed by atoms with van der Waals surface area (Å²) in [6, 6.07) is 7.44. The maximum atomic E-state index is 11.8. The van der Waals surface area contributed by atoms with Gasteiger partial charge in [-0.05, 0) is 205 Å². The van der Waals surface area contributed by atoms with Crippen LogP contribution in [0.25, 0.3) is 0 Å². The van der Waals surface area contributed by atoms with Crippen molar-refractivity contribution in [3.8, 4) is 0 Å². The van der Waals surface area contributed by atoms with Crippen molar-refractivity contribution in [2.24, 2.45) is 106 Å². The number of carboxylic acid groups (broad SMARTS) is 2. The van der Waals surface area contributed by atoms with Gasteiger partial charge in [0.1, 0.15) is 6.04 Å². The first-order valence-corrected chi connectivity index (χ1v) is 47.0. The largest absolute Gasteiger partial charge is 0.480 e. The van der Waals surface area contributed by atoms with Crippen LogP contribution in [-0.2, 0) is 37.1 Å². The number of thioether (sulfide) groups is 1. The number of carbonyl (C=O) groups is 3. The van der Waals surface area contributed by atoms with E-state index in [0.717, 1.165) is 61.5 Å². The first-order valence-electron chi connectivity index (χ1n) is 45.7. The number of oxime groups is 1. The molecule has 14 nitrogen and oxygen atoms in total. The quantitative estimate of drug-likeness (QED) is 0.0213. The van der Waals surface area contributed by atoms with Gasteiger partial charge in [0.2, 0.25) is 0 Å². The summed E-state index contributed by atoms with van der Waals surface area (Å²) in [7, 11) is 0. The summed E-state index contributed by atoms with van der Waals surface area (Å²) in [6.07, 6.45) is -0.855. The van der Waals surface area contributed by atoms with Crippen LogP contribution in [0.1, 0.15) is 421 Å². The summed E-state index contributed by atoms with van der Waals surface area (Å²) in [6.45, 7) is 97.9. The molecule has 4 aromatic rings. The van der Waals surface area contributed by atoms with Gasteiger partial charge in [-0.25, -0.2) is 4.79 Å². The SMILES string of the molecule is CC(C)C1C(=NO)C(C(C)C)C(C(C)C)C1C(C)C.CC(C)C1C(C(C)C)C(C(C)C)C(SCC(N)C(=O)O)(c2ccc(Cl)cc2)C1C(C)C.CC(C)c1c(C(C)C)c(C(C)C)n(C(=O)O)c1C(C)C.CC(C)c1c(C(C)C)c(C(C)C)n(CCN2CCOCC2)c1C(C)C.CC(C)c1c(C(C)C)c(C(C)C)n(COC=O)c1C(C)C. The van der Waals surface area contributed by atoms with Crippen molar-refractivity contribution < 1.29 is 39.3 Å². The molecule has 4 heterocycles. The van der Waals surface area contributed by atoms with Gasteiger partial charge in [0.05, 0.1) is 18.9 Å². The normalized spacial score (nSPS) is 21.2. The van der Waals surface area contributed by atoms with Crippen LogP contribution in [-0.4, -0.2) is 103 Å². The van der Waals surface area contributed by atoms with Crippen LogP contribution in [0.4, 0.5) is 4.79 Å². The molecule has 1 aromatic carbocycles. The van der Waals surface area contributed by atoms with Gasteiger partial charge in [0.25, 0.3) is 6.47 Å². The number of carbonyl (C=O) groups excluding carboxylic acids is 1. The molecular weight excluding hydrogens is 1480 g/mol. The predicted molar refractivity (Wildman–Crippen MR) is 497 cm³/mol. The van der Waals surface area contributed by atoms with Crippen LogP contribution < -0.4 is 5.73 Å². The van der Waals surface area contributed by atoms with E-state index in [2.05, 4.69) is 308 Å². The van der Waals surface area contributed by atoms with E-state index < -0.39 is 18.1 Å². The fraction of sp³-hybridized carbons (Fsp3) is 0.780. The molecule has 666 valence electrons. The summed E-state index contributed by atoms with van der Waals surface area (Å²) in [5, 5.41) is 33.3. The molecule has 3 aliphatic rings. The third-order valence-corrected chi connectivity index (χ3v) is 27.6. The molecule has 7 rings (SSSR count). The number of hydrogen-bond donors (Lipinski definition) is 4. The lowest BCUT2D eigenvalue weighted by molar-refractivity contribution is -0.138. The molecule has 116 heavy (non-hydrogen) atoms. The van der Waals surface area contributed by atoms with Gasteiger partial charge in [-0.3, -0.25) is 19.1 Å². The van der Waals surface area contributed by atoms with Crippen LogP contribution in [0.15, 0.2) is 29.4 Å². The molecule has 2 saturated carbocycles. The Balaban J connectivity index is 0.000000380. The Morgan fingerprint density at radius 3 is 1.03 bits per heavy atom. The highest BCUT2D eigenvalue weighted by molar-refractivity contribution is 8.00. The standard InChI is InChI=1S/C26H42ClNO2S.C22H40N2O.C18H31NO2.C17H29NO2.C17H33NO/c1-14(2)21-22(15(3)4)24(17(7)8)26(23(21)16(5)6,31-13-20(28)25(29)30)18-9-11-19(27)12-10-18;1-15(2)19-20(16(3)4)22(18(7)8)24(21(19)17(5)6)10-9-23-11-13-25-14-12-23;1-11(2)15-16(12(3)4)18(14(7)8)19(9-21-10-20)17(15)13(5)6;1-9(2)13-14(10(3)4)16(12(7)8)18(17(19)20)15(13)11(5)6;1-9(2)13-14(10(3)4)16(12(7)8)17(18-19)15(13)11(5)6/h9-12,14-17,20-24H,13,28H2,1-8H3,(H,29,30);15-18H,9-14H2,1-8H3;10-14H,9H2,1-8H3;9-12H,1-8H3,(H,19,20);9-16,19H,1-8H3. The van der Waals surface area contributed by atoms with E-state index in [9.17, 15) is 29.8 Å². The van der Waals surface area contributed by atoms with Crippen molar-refractivity contribution in [2.75, 3.05) is 38.6 Å². The van der Waals surface area contributed by atoms with Gasteiger partial charge >= 0.3 is 12.1 Å². The Morgan fingerprint density at radius 2 is 0.776 bits per heavy atom. The molecule has 0 amide bonds. The van der Waals surface area contributed by atoms with Crippen molar-refractivity contribution in [1.82, 2.24) is 18.6 Å². The lowest BCUT2D eigenvalue weighted by Gasteiger charge is -2.46. The zero-order chi connectivity index (χ0) is 89.4. The molecule has 16 heteroatoms. The molecule has 1 aliphatic heterocycles. The van der Waals surface area contributed by atoms with Crippen molar-refractivity contribution >= 4 is 47.6 Å². The van der Waals surface area contributed by atoms with Crippen molar-refractivity contribution in [3.05, 3.63) is 102 Å². The van der Waals surface area contributed by atoms with Crippen molar-refractivity contribution in [1.29, 1.82) is 0 Å². The second-order valence-corrected chi connectivity index (χ2v) is 42.9. The molecule has 9 atom stereocenters. The lowest BCUT2D eigenvalue weighted by atomic mass is 9.70. The molecule has 3 aromatic heterocycles. The molecule has 0 bridgehead atoms. The van der Waals surface area contributed by atoms with E-state index in [0.29, 0.717) is 173 Å². The molecule has 2 aliphatic carbocycles. The van der Waals surface area contributed by atoms with E-state index in [1.54, 1.807) is 38.8 Å². The monoisotopic (exact) mass is 1660 g/mol. The molecule has 0 spiro atoms. The van der Waals surface area contributed by atoms with Crippen LogP contribution in [0.2, 0.25) is 5.02 Å². The van der Waals surface area contributed by atoms with Gasteiger partial charge in [0, 0.05) is 87.7 Å². The smallest absolute Gasteiger partial charge is 0.415 e. The molecular formula is C100H175ClN6O8S. The average molecular weight is 1660 g/mol. The number of aromatic nitrogens is 3. The highest BCUT2D eigenvalue weighted by atomic mass is 35.5. The first-order chi connectivity index (χ1) is 53.7. The van der Waals surface area contributed by atoms with Crippen LogP contribution in [0.5, 0.6) is 0 Å². The summed E-state index contributed by atoms with van der Waals surface area (Å²) in [5.74, 6) is 13.0. The number of rotatable bonds is 31. The minimum Gasteiger partial charge on any atom is -0.480 e. The third-order valence-electron chi connectivity index (χ3n) is 25.5. The number of nitrogens with two attached hydrogens (primary N) is 1. The van der Waals surface area contributed by atoms with Gasteiger partial charge in [0.15, 0.2) is 6.73 Å². The maximum Gasteiger partial charge on any atom is 0.415 e. The number of ether oxygens (including phenoxy) is 2. The van der Waals surface area contributed by atoms with Crippen LogP contribution >= 0.6 is 23.4 Å². The number of aliphatic carboxylic acids is 1. The molecule has 5 N–H and O–H groups in total. The molecule has 9 unspecified atom stereocenters. The Hall–Kier alpha value is -4.54. The number of nitrogens with zero attached hydrogens (tertiary/aromatic N) is 5. The van der Waals surface area contributed by atoms with Crippen LogP contribution in [0.3, 0.4) is 0 Å². The van der Waals surface area contributed by atoms with Gasteiger partial charge in [-0.1, -0.05) is 306 Å². The fourth-order valence-electron chi connectivity index (χ4n) is 22.1. The summed E-state index contributed by atoms with van der Waals surface area (Å²) < 4.78 is 16.9. The Kier molecular flexibility index (Phi) is 42.5. The Labute approximate surface area is 719 Å². The number of hydrogen-bond acceptors (Lipinski definition) is 10. The highest BCUT2D eigenvalue weighted by Crippen LogP contribution is 2.68.